The number of allylic oxidation sites excluding steroid dienone is 2. The molecule has 0 fully saturated rings. The predicted molar refractivity (Wildman–Crippen MR) is 44.1 cm³/mol. The molecule has 12 heavy (non-hydrogen) atoms. The molecular weight excluding hydrogens is 156 g/mol. The van der Waals surface area contributed by atoms with E-state index in [0.717, 1.165) is 0 Å². The zero-order chi connectivity index (χ0) is 9.56. The second kappa shape index (κ2) is 4.97. The van der Waals surface area contributed by atoms with Crippen molar-refractivity contribution in [1.82, 2.24) is 5.32 Å². The number of carbonyl (C=O) groups is 1. The van der Waals surface area contributed by atoms with E-state index in [4.69, 9.17) is 10.4 Å². The highest BCUT2D eigenvalue weighted by Crippen LogP contribution is 1.98. The van der Waals surface area contributed by atoms with Gasteiger partial charge in [-0.1, -0.05) is 6.08 Å². The molecule has 0 unspecified atom stereocenters. The summed E-state index contributed by atoms with van der Waals surface area (Å²) < 4.78 is 0. The zero-order valence-electron chi connectivity index (χ0n) is 6.96. The van der Waals surface area contributed by atoms with E-state index in [9.17, 15) is 4.79 Å². The summed E-state index contributed by atoms with van der Waals surface area (Å²) in [6.07, 6.45) is 2.96. The lowest BCUT2D eigenvalue weighted by molar-refractivity contribution is -0.132. The number of rotatable bonds is 3. The topological polar surface area (TPSA) is 73.1 Å². The highest BCUT2D eigenvalue weighted by molar-refractivity contribution is 5.91. The molecule has 0 saturated carbocycles. The van der Waals surface area contributed by atoms with Crippen LogP contribution in [0.15, 0.2) is 23.4 Å². The van der Waals surface area contributed by atoms with Crippen molar-refractivity contribution in [3.8, 4) is 6.07 Å². The molecule has 0 amide bonds. The van der Waals surface area contributed by atoms with Gasteiger partial charge in [0.15, 0.2) is 0 Å². The highest BCUT2D eigenvalue weighted by Gasteiger charge is 2.05. The lowest BCUT2D eigenvalue weighted by Gasteiger charge is -1.98. The van der Waals surface area contributed by atoms with Crippen molar-refractivity contribution in [3.63, 3.8) is 0 Å². The Balaban J connectivity index is 4.74. The van der Waals surface area contributed by atoms with Gasteiger partial charge in [-0.05, 0) is 13.0 Å². The van der Waals surface area contributed by atoms with E-state index < -0.39 is 5.97 Å². The Morgan fingerprint density at radius 1 is 1.67 bits per heavy atom. The van der Waals surface area contributed by atoms with Crippen LogP contribution in [0.3, 0.4) is 0 Å². The Kier molecular flexibility index (Phi) is 4.24. The van der Waals surface area contributed by atoms with Gasteiger partial charge >= 0.3 is 5.97 Å². The maximum absolute atomic E-state index is 10.4. The predicted octanol–water partition coefficient (Wildman–Crippen LogP) is 0.644. The first-order chi connectivity index (χ1) is 5.65. The third-order valence-electron chi connectivity index (χ3n) is 1.25. The van der Waals surface area contributed by atoms with E-state index in [-0.39, 0.29) is 5.57 Å². The van der Waals surface area contributed by atoms with E-state index in [1.807, 2.05) is 0 Å². The summed E-state index contributed by atoms with van der Waals surface area (Å²) >= 11 is 0. The van der Waals surface area contributed by atoms with Crippen LogP contribution in [0.4, 0.5) is 0 Å². The number of likely N-dealkylation sites (N-methyl/N-ethyl adjacent to an activating group) is 1. The van der Waals surface area contributed by atoms with Gasteiger partial charge < -0.3 is 10.4 Å². The number of nitriles is 1. The SMILES string of the molecule is C/C=C(\C=C(/C#N)C(=O)O)NC. The fourth-order valence-corrected chi connectivity index (χ4v) is 0.597. The van der Waals surface area contributed by atoms with E-state index >= 15 is 0 Å². The Morgan fingerprint density at radius 2 is 2.25 bits per heavy atom. The van der Waals surface area contributed by atoms with Crippen LogP contribution in [0.2, 0.25) is 0 Å². The van der Waals surface area contributed by atoms with Crippen molar-refractivity contribution in [3.05, 3.63) is 23.4 Å². The normalized spacial score (nSPS) is 12.1. The third-order valence-corrected chi connectivity index (χ3v) is 1.25. The summed E-state index contributed by atoms with van der Waals surface area (Å²) in [5, 5.41) is 19.6. The Bertz CT molecular complexity index is 271. The standard InChI is InChI=1S/C8H10N2O2/c1-3-7(10-2)4-6(5-9)8(11)12/h3-4,10H,1-2H3,(H,11,12)/b6-4+,7-3+. The van der Waals surface area contributed by atoms with E-state index in [1.165, 1.54) is 6.08 Å². The fraction of sp³-hybridized carbons (Fsp3) is 0.250. The molecule has 0 aromatic rings. The van der Waals surface area contributed by atoms with Gasteiger partial charge in [-0.25, -0.2) is 4.79 Å². The number of aliphatic carboxylic acids is 1. The molecule has 0 aromatic carbocycles. The highest BCUT2D eigenvalue weighted by atomic mass is 16.4. The molecule has 0 saturated heterocycles. The van der Waals surface area contributed by atoms with Crippen molar-refractivity contribution < 1.29 is 9.90 Å². The molecule has 0 aliphatic heterocycles. The summed E-state index contributed by atoms with van der Waals surface area (Å²) in [7, 11) is 1.66. The molecule has 0 spiro atoms. The number of carboxylic acid groups (broad SMARTS) is 1. The number of hydrogen-bond acceptors (Lipinski definition) is 3. The zero-order valence-corrected chi connectivity index (χ0v) is 6.96. The molecule has 0 aliphatic rings. The van der Waals surface area contributed by atoms with E-state index in [2.05, 4.69) is 5.32 Å². The minimum absolute atomic E-state index is 0.280. The molecule has 0 bridgehead atoms. The maximum Gasteiger partial charge on any atom is 0.346 e. The quantitative estimate of drug-likeness (QED) is 0.366. The van der Waals surface area contributed by atoms with Gasteiger partial charge in [0.1, 0.15) is 11.6 Å². The van der Waals surface area contributed by atoms with Crippen LogP contribution in [0.1, 0.15) is 6.92 Å². The minimum atomic E-state index is -1.22. The van der Waals surface area contributed by atoms with Crippen LogP contribution < -0.4 is 5.32 Å². The van der Waals surface area contributed by atoms with Crippen LogP contribution in [0.5, 0.6) is 0 Å². The molecule has 0 atom stereocenters. The molecule has 0 rings (SSSR count). The average Bonchev–Trinajstić information content (AvgIpc) is 2.06. The minimum Gasteiger partial charge on any atom is -0.477 e. The summed E-state index contributed by atoms with van der Waals surface area (Å²) in [6.45, 7) is 1.75. The molecule has 0 heterocycles. The van der Waals surface area contributed by atoms with Crippen molar-refractivity contribution >= 4 is 5.97 Å². The third kappa shape index (κ3) is 2.88. The second-order valence-electron chi connectivity index (χ2n) is 1.97. The maximum atomic E-state index is 10.4. The van der Waals surface area contributed by atoms with Gasteiger partial charge in [-0.3, -0.25) is 0 Å². The molecule has 64 valence electrons. The van der Waals surface area contributed by atoms with Crippen LogP contribution >= 0.6 is 0 Å². The molecular formula is C8H10N2O2. The first kappa shape index (κ1) is 10.2. The Hall–Kier alpha value is -1.76. The van der Waals surface area contributed by atoms with Crippen LogP contribution in [0.25, 0.3) is 0 Å². The van der Waals surface area contributed by atoms with E-state index in [1.54, 1.807) is 26.1 Å². The fourth-order valence-electron chi connectivity index (χ4n) is 0.597. The first-order valence-electron chi connectivity index (χ1n) is 3.34. The lowest BCUT2D eigenvalue weighted by atomic mass is 10.2. The van der Waals surface area contributed by atoms with Crippen molar-refractivity contribution in [1.29, 1.82) is 5.26 Å². The van der Waals surface area contributed by atoms with Gasteiger partial charge in [-0.2, -0.15) is 5.26 Å². The monoisotopic (exact) mass is 166 g/mol. The van der Waals surface area contributed by atoms with Gasteiger partial charge in [0, 0.05) is 12.7 Å². The summed E-state index contributed by atoms with van der Waals surface area (Å²) in [5.74, 6) is -1.22. The molecule has 0 radical (unpaired) electrons. The van der Waals surface area contributed by atoms with Crippen molar-refractivity contribution in [2.24, 2.45) is 0 Å². The van der Waals surface area contributed by atoms with Gasteiger partial charge in [-0.15, -0.1) is 0 Å². The lowest BCUT2D eigenvalue weighted by Crippen LogP contribution is -2.06. The second-order valence-corrected chi connectivity index (χ2v) is 1.97. The van der Waals surface area contributed by atoms with E-state index in [0.29, 0.717) is 5.70 Å². The van der Waals surface area contributed by atoms with Gasteiger partial charge in [0.05, 0.1) is 0 Å². The largest absolute Gasteiger partial charge is 0.477 e. The average molecular weight is 166 g/mol. The number of nitrogens with zero attached hydrogens (tertiary/aromatic N) is 1. The van der Waals surface area contributed by atoms with Crippen molar-refractivity contribution in [2.75, 3.05) is 7.05 Å². The van der Waals surface area contributed by atoms with Crippen LogP contribution in [-0.4, -0.2) is 18.1 Å². The summed E-state index contributed by atoms with van der Waals surface area (Å²) in [5.41, 5.74) is 0.325. The number of nitrogens with one attached hydrogen (secondary N) is 1. The molecule has 4 nitrogen and oxygen atoms in total. The molecule has 0 aliphatic carbocycles. The summed E-state index contributed by atoms with van der Waals surface area (Å²) in [4.78, 5) is 10.4. The smallest absolute Gasteiger partial charge is 0.346 e. The Morgan fingerprint density at radius 3 is 2.50 bits per heavy atom. The van der Waals surface area contributed by atoms with Crippen molar-refractivity contribution in [2.45, 2.75) is 6.92 Å². The number of hydrogen-bond donors (Lipinski definition) is 2. The van der Waals surface area contributed by atoms with Crippen LogP contribution in [-0.2, 0) is 4.79 Å². The van der Waals surface area contributed by atoms with Gasteiger partial charge in [0.2, 0.25) is 0 Å². The molecule has 0 aromatic heterocycles. The molecule has 2 N–H and O–H groups in total. The van der Waals surface area contributed by atoms with Crippen LogP contribution in [0, 0.1) is 11.3 Å². The van der Waals surface area contributed by atoms with Gasteiger partial charge in [0.25, 0.3) is 0 Å². The first-order valence-corrected chi connectivity index (χ1v) is 3.34. The summed E-state index contributed by atoms with van der Waals surface area (Å²) in [6, 6.07) is 1.58. The molecule has 4 heteroatoms. The number of carboxylic acids is 1. The Labute approximate surface area is 70.8 Å².